The number of hydrogen-bond donors (Lipinski definition) is 1. The summed E-state index contributed by atoms with van der Waals surface area (Å²) in [5.74, 6) is -0.358. The number of carbonyl (C=O) groups excluding carboxylic acids is 3. The molecule has 0 spiro atoms. The largest absolute Gasteiger partial charge is 0.336 e. The highest BCUT2D eigenvalue weighted by Crippen LogP contribution is 2.29. The Hall–Kier alpha value is -1.59. The Morgan fingerprint density at radius 2 is 1.67 bits per heavy atom. The van der Waals surface area contributed by atoms with Crippen LogP contribution in [-0.2, 0) is 9.59 Å². The quantitative estimate of drug-likeness (QED) is 0.758. The van der Waals surface area contributed by atoms with E-state index in [-0.39, 0.29) is 30.4 Å². The molecule has 2 heterocycles. The Morgan fingerprint density at radius 1 is 1.12 bits per heavy atom. The molecule has 2 atom stereocenters. The number of imide groups is 1. The van der Waals surface area contributed by atoms with Gasteiger partial charge in [-0.25, -0.2) is 4.79 Å². The predicted molar refractivity (Wildman–Crippen MR) is 92.4 cm³/mol. The lowest BCUT2D eigenvalue weighted by Gasteiger charge is -2.39. The second-order valence-electron chi connectivity index (χ2n) is 7.33. The van der Waals surface area contributed by atoms with E-state index in [9.17, 15) is 14.4 Å². The van der Waals surface area contributed by atoms with Crippen molar-refractivity contribution in [3.05, 3.63) is 0 Å². The third kappa shape index (κ3) is 3.42. The van der Waals surface area contributed by atoms with Crippen LogP contribution in [0.25, 0.3) is 0 Å². The van der Waals surface area contributed by atoms with Gasteiger partial charge in [-0.15, -0.1) is 0 Å². The number of nitrogens with zero attached hydrogens (tertiary/aromatic N) is 2. The number of carbonyl (C=O) groups is 3. The maximum absolute atomic E-state index is 12.9. The van der Waals surface area contributed by atoms with Crippen molar-refractivity contribution in [3.63, 3.8) is 0 Å². The van der Waals surface area contributed by atoms with Gasteiger partial charge in [0.2, 0.25) is 5.91 Å². The van der Waals surface area contributed by atoms with Crippen LogP contribution in [0.15, 0.2) is 0 Å². The fourth-order valence-corrected chi connectivity index (χ4v) is 4.27. The summed E-state index contributed by atoms with van der Waals surface area (Å²) in [5.41, 5.74) is -0.819. The molecule has 0 radical (unpaired) electrons. The standard InChI is InChI=1S/C18H31N3O3/c1-5-10-18(11-6-2)16(23)20(17(24)19-18)12-15(22)21-13(3)8-7-9-14(21)4/h13-14H,5-12H2,1-4H3,(H,19,24)/t13-,14-/m0/s1. The minimum atomic E-state index is -0.819. The first-order valence-electron chi connectivity index (χ1n) is 9.31. The van der Waals surface area contributed by atoms with Crippen LogP contribution in [0.5, 0.6) is 0 Å². The monoisotopic (exact) mass is 337 g/mol. The Labute approximate surface area is 144 Å². The van der Waals surface area contributed by atoms with Gasteiger partial charge >= 0.3 is 6.03 Å². The fourth-order valence-electron chi connectivity index (χ4n) is 4.27. The van der Waals surface area contributed by atoms with Crippen LogP contribution in [0.1, 0.15) is 72.6 Å². The number of piperidine rings is 1. The van der Waals surface area contributed by atoms with Crippen molar-refractivity contribution in [2.24, 2.45) is 0 Å². The van der Waals surface area contributed by atoms with Crippen LogP contribution in [0.4, 0.5) is 4.79 Å². The van der Waals surface area contributed by atoms with Gasteiger partial charge in [0.25, 0.3) is 5.91 Å². The molecule has 6 heteroatoms. The van der Waals surface area contributed by atoms with E-state index in [1.54, 1.807) is 0 Å². The molecule has 2 aliphatic heterocycles. The van der Waals surface area contributed by atoms with E-state index in [1.807, 2.05) is 32.6 Å². The molecule has 0 aromatic rings. The predicted octanol–water partition coefficient (Wildman–Crippen LogP) is 2.67. The SMILES string of the molecule is CCCC1(CCC)NC(=O)N(CC(=O)N2[C@@H](C)CCC[C@@H]2C)C1=O. The van der Waals surface area contributed by atoms with Crippen LogP contribution in [0.2, 0.25) is 0 Å². The Balaban J connectivity index is 2.12. The molecule has 2 fully saturated rings. The molecular weight excluding hydrogens is 306 g/mol. The van der Waals surface area contributed by atoms with E-state index in [4.69, 9.17) is 0 Å². The first-order chi connectivity index (χ1) is 11.4. The lowest BCUT2D eigenvalue weighted by atomic mass is 9.88. The van der Waals surface area contributed by atoms with Gasteiger partial charge in [-0.2, -0.15) is 0 Å². The van der Waals surface area contributed by atoms with Crippen LogP contribution >= 0.6 is 0 Å². The summed E-state index contributed by atoms with van der Waals surface area (Å²) in [5, 5.41) is 2.87. The highest BCUT2D eigenvalue weighted by atomic mass is 16.2. The summed E-state index contributed by atoms with van der Waals surface area (Å²) in [6.45, 7) is 7.94. The summed E-state index contributed by atoms with van der Waals surface area (Å²) in [6, 6.07) is -0.0938. The fraction of sp³-hybridized carbons (Fsp3) is 0.833. The van der Waals surface area contributed by atoms with E-state index in [2.05, 4.69) is 5.32 Å². The molecule has 0 bridgehead atoms. The Kier molecular flexibility index (Phi) is 5.88. The Morgan fingerprint density at radius 3 is 2.17 bits per heavy atom. The second kappa shape index (κ2) is 7.53. The number of likely N-dealkylation sites (tertiary alicyclic amines) is 1. The normalized spacial score (nSPS) is 26.7. The van der Waals surface area contributed by atoms with Crippen LogP contribution in [0.3, 0.4) is 0 Å². The zero-order valence-corrected chi connectivity index (χ0v) is 15.4. The zero-order chi connectivity index (χ0) is 17.9. The van der Waals surface area contributed by atoms with Crippen molar-refractivity contribution in [2.75, 3.05) is 6.54 Å². The van der Waals surface area contributed by atoms with Gasteiger partial charge in [0.05, 0.1) is 0 Å². The van der Waals surface area contributed by atoms with Gasteiger partial charge < -0.3 is 10.2 Å². The lowest BCUT2D eigenvalue weighted by molar-refractivity contribution is -0.143. The summed E-state index contributed by atoms with van der Waals surface area (Å²) in [7, 11) is 0. The molecular formula is C18H31N3O3. The average Bonchev–Trinajstić information content (AvgIpc) is 2.72. The number of amides is 4. The minimum absolute atomic E-state index is 0.123. The molecule has 2 aliphatic rings. The van der Waals surface area contributed by atoms with Gasteiger partial charge in [0.1, 0.15) is 12.1 Å². The molecule has 4 amide bonds. The minimum Gasteiger partial charge on any atom is -0.336 e. The first kappa shape index (κ1) is 18.7. The number of hydrogen-bond acceptors (Lipinski definition) is 3. The molecule has 136 valence electrons. The lowest BCUT2D eigenvalue weighted by Crippen LogP contribution is -2.52. The van der Waals surface area contributed by atoms with Crippen molar-refractivity contribution < 1.29 is 14.4 Å². The van der Waals surface area contributed by atoms with Crippen LogP contribution in [-0.4, -0.2) is 51.8 Å². The van der Waals surface area contributed by atoms with Gasteiger partial charge in [-0.05, 0) is 46.0 Å². The van der Waals surface area contributed by atoms with E-state index < -0.39 is 11.6 Å². The maximum atomic E-state index is 12.9. The third-order valence-electron chi connectivity index (χ3n) is 5.37. The summed E-state index contributed by atoms with van der Waals surface area (Å²) in [6.07, 6.45) is 5.93. The van der Waals surface area contributed by atoms with Crippen molar-refractivity contribution in [2.45, 2.75) is 90.3 Å². The molecule has 2 saturated heterocycles. The zero-order valence-electron chi connectivity index (χ0n) is 15.4. The molecule has 1 N–H and O–H groups in total. The molecule has 0 aromatic carbocycles. The van der Waals surface area contributed by atoms with E-state index in [0.717, 1.165) is 37.0 Å². The third-order valence-corrected chi connectivity index (χ3v) is 5.37. The topological polar surface area (TPSA) is 69.7 Å². The van der Waals surface area contributed by atoms with Crippen LogP contribution in [0, 0.1) is 0 Å². The highest BCUT2D eigenvalue weighted by Gasteiger charge is 2.50. The average molecular weight is 337 g/mol. The first-order valence-corrected chi connectivity index (χ1v) is 9.31. The van der Waals surface area contributed by atoms with E-state index in [1.165, 1.54) is 0 Å². The summed E-state index contributed by atoms with van der Waals surface area (Å²) < 4.78 is 0. The van der Waals surface area contributed by atoms with Crippen molar-refractivity contribution in [1.29, 1.82) is 0 Å². The molecule has 0 aromatic heterocycles. The van der Waals surface area contributed by atoms with Crippen molar-refractivity contribution in [1.82, 2.24) is 15.1 Å². The molecule has 0 unspecified atom stereocenters. The van der Waals surface area contributed by atoms with E-state index >= 15 is 0 Å². The number of nitrogens with one attached hydrogen (secondary N) is 1. The highest BCUT2D eigenvalue weighted by molar-refractivity contribution is 6.09. The molecule has 2 rings (SSSR count). The van der Waals surface area contributed by atoms with E-state index in [0.29, 0.717) is 12.8 Å². The summed E-state index contributed by atoms with van der Waals surface area (Å²) >= 11 is 0. The van der Waals surface area contributed by atoms with Crippen molar-refractivity contribution in [3.8, 4) is 0 Å². The summed E-state index contributed by atoms with van der Waals surface area (Å²) in [4.78, 5) is 40.9. The molecule has 0 aliphatic carbocycles. The number of urea groups is 1. The van der Waals surface area contributed by atoms with Gasteiger partial charge in [-0.1, -0.05) is 26.7 Å². The second-order valence-corrected chi connectivity index (χ2v) is 7.33. The maximum Gasteiger partial charge on any atom is 0.325 e. The molecule has 24 heavy (non-hydrogen) atoms. The van der Waals surface area contributed by atoms with Gasteiger partial charge in [-0.3, -0.25) is 14.5 Å². The van der Waals surface area contributed by atoms with Gasteiger partial charge in [0.15, 0.2) is 0 Å². The Bertz CT molecular complexity index is 490. The van der Waals surface area contributed by atoms with Crippen molar-refractivity contribution >= 4 is 17.8 Å². The smallest absolute Gasteiger partial charge is 0.325 e. The molecule has 0 saturated carbocycles. The molecule has 6 nitrogen and oxygen atoms in total. The van der Waals surface area contributed by atoms with Crippen LogP contribution < -0.4 is 5.32 Å². The number of rotatable bonds is 6. The van der Waals surface area contributed by atoms with Gasteiger partial charge in [0, 0.05) is 12.1 Å².